The van der Waals surface area contributed by atoms with Crippen molar-refractivity contribution < 1.29 is 0 Å². The summed E-state index contributed by atoms with van der Waals surface area (Å²) in [6.07, 6.45) is 8.45. The summed E-state index contributed by atoms with van der Waals surface area (Å²) in [6, 6.07) is 0. The SMILES string of the molecule is BC(CCC)CCCCC. The quantitative estimate of drug-likeness (QED) is 0.393. The van der Waals surface area contributed by atoms with E-state index >= 15 is 0 Å². The first-order valence-corrected chi connectivity index (χ1v) is 4.81. The fourth-order valence-electron chi connectivity index (χ4n) is 1.38. The molecule has 0 nitrogen and oxygen atoms in total. The Labute approximate surface area is 66.8 Å². The first-order chi connectivity index (χ1) is 4.81. The molecule has 1 unspecified atom stereocenters. The Balaban J connectivity index is 2.97. The molecule has 0 radical (unpaired) electrons. The lowest BCUT2D eigenvalue weighted by Gasteiger charge is -2.07. The van der Waals surface area contributed by atoms with E-state index < -0.39 is 0 Å². The van der Waals surface area contributed by atoms with E-state index in [0.717, 1.165) is 5.82 Å². The summed E-state index contributed by atoms with van der Waals surface area (Å²) >= 11 is 0. The van der Waals surface area contributed by atoms with Gasteiger partial charge in [0.1, 0.15) is 7.85 Å². The fraction of sp³-hybridized carbons (Fsp3) is 1.00. The van der Waals surface area contributed by atoms with Gasteiger partial charge in [0.2, 0.25) is 0 Å². The van der Waals surface area contributed by atoms with E-state index in [2.05, 4.69) is 21.7 Å². The Morgan fingerprint density at radius 3 is 2.20 bits per heavy atom. The fourth-order valence-corrected chi connectivity index (χ4v) is 1.38. The molecule has 0 bridgehead atoms. The average molecular weight is 140 g/mol. The summed E-state index contributed by atoms with van der Waals surface area (Å²) in [4.78, 5) is 0. The highest BCUT2D eigenvalue weighted by Gasteiger charge is 1.98. The molecule has 0 aliphatic carbocycles. The molecule has 0 rings (SSSR count). The molecule has 1 heteroatoms. The molecular formula is C9H21B. The van der Waals surface area contributed by atoms with Crippen molar-refractivity contribution in [2.45, 2.75) is 58.2 Å². The Morgan fingerprint density at radius 2 is 1.70 bits per heavy atom. The molecule has 0 N–H and O–H groups in total. The van der Waals surface area contributed by atoms with Crippen LogP contribution in [0, 0.1) is 0 Å². The minimum Gasteiger partial charge on any atom is -0.0697 e. The summed E-state index contributed by atoms with van der Waals surface area (Å²) in [7, 11) is 2.37. The van der Waals surface area contributed by atoms with Gasteiger partial charge >= 0.3 is 0 Å². The smallest absolute Gasteiger partial charge is 0.0697 e. The predicted molar refractivity (Wildman–Crippen MR) is 51.3 cm³/mol. The molecule has 0 aromatic rings. The average Bonchev–Trinajstić information content (AvgIpc) is 1.89. The van der Waals surface area contributed by atoms with Crippen LogP contribution in [0.15, 0.2) is 0 Å². The molecule has 0 amide bonds. The molecule has 0 saturated heterocycles. The van der Waals surface area contributed by atoms with Gasteiger partial charge in [0.25, 0.3) is 0 Å². The molecule has 0 aliphatic rings. The van der Waals surface area contributed by atoms with Gasteiger partial charge in [0, 0.05) is 0 Å². The summed E-state index contributed by atoms with van der Waals surface area (Å²) in [6.45, 7) is 4.54. The lowest BCUT2D eigenvalue weighted by atomic mass is 9.80. The van der Waals surface area contributed by atoms with Gasteiger partial charge < -0.3 is 0 Å². The van der Waals surface area contributed by atoms with Crippen LogP contribution in [-0.4, -0.2) is 7.85 Å². The van der Waals surface area contributed by atoms with Crippen molar-refractivity contribution >= 4 is 7.85 Å². The van der Waals surface area contributed by atoms with Crippen molar-refractivity contribution in [3.8, 4) is 0 Å². The van der Waals surface area contributed by atoms with Crippen LogP contribution in [0.3, 0.4) is 0 Å². The normalized spacial score (nSPS) is 13.4. The molecule has 0 aromatic heterocycles. The van der Waals surface area contributed by atoms with E-state index in [9.17, 15) is 0 Å². The Kier molecular flexibility index (Phi) is 7.22. The van der Waals surface area contributed by atoms with E-state index in [4.69, 9.17) is 0 Å². The maximum Gasteiger partial charge on any atom is 0.105 e. The van der Waals surface area contributed by atoms with E-state index in [-0.39, 0.29) is 0 Å². The van der Waals surface area contributed by atoms with Gasteiger partial charge in [-0.15, -0.1) is 0 Å². The lowest BCUT2D eigenvalue weighted by molar-refractivity contribution is 0.601. The second-order valence-corrected chi connectivity index (χ2v) is 3.39. The van der Waals surface area contributed by atoms with E-state index in [1.54, 1.807) is 0 Å². The highest BCUT2D eigenvalue weighted by molar-refractivity contribution is 6.11. The second-order valence-electron chi connectivity index (χ2n) is 3.39. The number of rotatable bonds is 6. The zero-order valence-corrected chi connectivity index (χ0v) is 7.82. The molecule has 0 aliphatic heterocycles. The molecular weight excluding hydrogens is 119 g/mol. The Morgan fingerprint density at radius 1 is 1.00 bits per heavy atom. The summed E-state index contributed by atoms with van der Waals surface area (Å²) in [5, 5.41) is 0. The minimum absolute atomic E-state index is 0.969. The number of hydrogen-bond donors (Lipinski definition) is 0. The van der Waals surface area contributed by atoms with Gasteiger partial charge in [-0.3, -0.25) is 0 Å². The summed E-state index contributed by atoms with van der Waals surface area (Å²) in [5.74, 6) is 0.969. The topological polar surface area (TPSA) is 0 Å². The zero-order valence-electron chi connectivity index (χ0n) is 7.82. The van der Waals surface area contributed by atoms with Gasteiger partial charge in [-0.25, -0.2) is 0 Å². The van der Waals surface area contributed by atoms with Crippen molar-refractivity contribution in [1.29, 1.82) is 0 Å². The Bertz CT molecular complexity index is 61.7. The van der Waals surface area contributed by atoms with Crippen molar-refractivity contribution in [1.82, 2.24) is 0 Å². The molecule has 0 saturated carbocycles. The molecule has 0 spiro atoms. The van der Waals surface area contributed by atoms with Gasteiger partial charge in [0.15, 0.2) is 0 Å². The molecule has 1 atom stereocenters. The maximum atomic E-state index is 2.37. The first-order valence-electron chi connectivity index (χ1n) is 4.81. The highest BCUT2D eigenvalue weighted by atomic mass is 14.0. The summed E-state index contributed by atoms with van der Waals surface area (Å²) in [5.41, 5.74) is 0. The van der Waals surface area contributed by atoms with Crippen molar-refractivity contribution in [3.63, 3.8) is 0 Å². The van der Waals surface area contributed by atoms with Crippen LogP contribution in [0.4, 0.5) is 0 Å². The summed E-state index contributed by atoms with van der Waals surface area (Å²) < 4.78 is 0. The van der Waals surface area contributed by atoms with Crippen LogP contribution in [0.25, 0.3) is 0 Å². The standard InChI is InChI=1S/C9H21B/c1-3-5-6-8-9(10)7-4-2/h9H,3-8,10H2,1-2H3. The van der Waals surface area contributed by atoms with E-state index in [1.165, 1.54) is 38.5 Å². The van der Waals surface area contributed by atoms with E-state index in [0.29, 0.717) is 0 Å². The van der Waals surface area contributed by atoms with E-state index in [1.807, 2.05) is 0 Å². The highest BCUT2D eigenvalue weighted by Crippen LogP contribution is 2.16. The third-order valence-corrected chi connectivity index (χ3v) is 2.08. The van der Waals surface area contributed by atoms with Crippen LogP contribution in [0.2, 0.25) is 5.82 Å². The van der Waals surface area contributed by atoms with Gasteiger partial charge in [-0.1, -0.05) is 58.2 Å². The molecule has 10 heavy (non-hydrogen) atoms. The van der Waals surface area contributed by atoms with Crippen molar-refractivity contribution in [2.75, 3.05) is 0 Å². The van der Waals surface area contributed by atoms with Gasteiger partial charge in [0.05, 0.1) is 0 Å². The van der Waals surface area contributed by atoms with Crippen molar-refractivity contribution in [3.05, 3.63) is 0 Å². The lowest BCUT2D eigenvalue weighted by Crippen LogP contribution is -1.91. The zero-order chi connectivity index (χ0) is 7.82. The van der Waals surface area contributed by atoms with Crippen molar-refractivity contribution in [2.24, 2.45) is 0 Å². The minimum atomic E-state index is 0.969. The van der Waals surface area contributed by atoms with Gasteiger partial charge in [-0.05, 0) is 0 Å². The third kappa shape index (κ3) is 6.19. The molecule has 0 fully saturated rings. The largest absolute Gasteiger partial charge is 0.105 e. The Hall–Kier alpha value is 0.0649. The molecule has 0 aromatic carbocycles. The predicted octanol–water partition coefficient (Wildman–Crippen LogP) is 2.79. The number of hydrogen-bond acceptors (Lipinski definition) is 0. The molecule has 60 valence electrons. The van der Waals surface area contributed by atoms with Crippen LogP contribution in [0.5, 0.6) is 0 Å². The monoisotopic (exact) mass is 140 g/mol. The second kappa shape index (κ2) is 7.18. The van der Waals surface area contributed by atoms with Crippen LogP contribution < -0.4 is 0 Å². The van der Waals surface area contributed by atoms with Gasteiger partial charge in [-0.2, -0.15) is 0 Å². The first kappa shape index (κ1) is 10.1. The molecule has 0 heterocycles. The number of unbranched alkanes of at least 4 members (excludes halogenated alkanes) is 2. The van der Waals surface area contributed by atoms with Crippen LogP contribution >= 0.6 is 0 Å². The third-order valence-electron chi connectivity index (χ3n) is 2.08. The maximum absolute atomic E-state index is 2.37. The van der Waals surface area contributed by atoms with Crippen LogP contribution in [0.1, 0.15) is 52.4 Å². The van der Waals surface area contributed by atoms with Crippen LogP contribution in [-0.2, 0) is 0 Å².